The second-order valence-corrected chi connectivity index (χ2v) is 7.35. The molecular weight excluding hydrogens is 270 g/mol. The first-order valence-electron chi connectivity index (χ1n) is 5.46. The van der Waals surface area contributed by atoms with Gasteiger partial charge in [0.25, 0.3) is 0 Å². The summed E-state index contributed by atoms with van der Waals surface area (Å²) in [6.45, 7) is 7.17. The first-order valence-corrected chi connectivity index (χ1v) is 7.68. The van der Waals surface area contributed by atoms with Crippen LogP contribution in [0, 0.1) is 6.92 Å². The van der Waals surface area contributed by atoms with E-state index in [0.29, 0.717) is 16.6 Å². The number of hydrogen-bond donors (Lipinski definition) is 1. The highest BCUT2D eigenvalue weighted by Gasteiger charge is 2.26. The minimum atomic E-state index is -3.59. The third kappa shape index (κ3) is 2.52. The Morgan fingerprint density at radius 3 is 2.50 bits per heavy atom. The molecule has 0 saturated carbocycles. The molecular formula is C11H15N3O2S2. The lowest BCUT2D eigenvalue weighted by Gasteiger charge is -2.21. The summed E-state index contributed by atoms with van der Waals surface area (Å²) in [5.74, 6) is 0. The molecule has 0 aliphatic carbocycles. The van der Waals surface area contributed by atoms with Crippen LogP contribution in [0.5, 0.6) is 0 Å². The van der Waals surface area contributed by atoms with Crippen molar-refractivity contribution < 1.29 is 8.42 Å². The van der Waals surface area contributed by atoms with E-state index in [0.717, 1.165) is 11.7 Å². The van der Waals surface area contributed by atoms with Gasteiger partial charge < -0.3 is 0 Å². The highest BCUT2D eigenvalue weighted by atomic mass is 32.2. The number of benzene rings is 1. The molecule has 0 fully saturated rings. The molecule has 1 aromatic carbocycles. The van der Waals surface area contributed by atoms with Crippen molar-refractivity contribution >= 4 is 32.8 Å². The highest BCUT2D eigenvalue weighted by Crippen LogP contribution is 2.25. The zero-order valence-electron chi connectivity index (χ0n) is 10.7. The van der Waals surface area contributed by atoms with Gasteiger partial charge in [-0.15, -0.1) is 0 Å². The Morgan fingerprint density at radius 2 is 1.89 bits per heavy atom. The third-order valence-corrected chi connectivity index (χ3v) is 4.76. The fraction of sp³-hybridized carbons (Fsp3) is 0.455. The van der Waals surface area contributed by atoms with E-state index in [9.17, 15) is 8.42 Å². The summed E-state index contributed by atoms with van der Waals surface area (Å²) in [7, 11) is -3.59. The van der Waals surface area contributed by atoms with E-state index in [-0.39, 0.29) is 4.90 Å². The first kappa shape index (κ1) is 13.4. The molecule has 0 spiro atoms. The van der Waals surface area contributed by atoms with Crippen LogP contribution in [0.2, 0.25) is 0 Å². The van der Waals surface area contributed by atoms with Gasteiger partial charge in [-0.25, -0.2) is 13.1 Å². The number of fused-ring (bicyclic) bond motifs is 1. The quantitative estimate of drug-likeness (QED) is 0.917. The van der Waals surface area contributed by atoms with Crippen LogP contribution < -0.4 is 4.72 Å². The van der Waals surface area contributed by atoms with E-state index in [1.165, 1.54) is 0 Å². The number of nitrogens with zero attached hydrogens (tertiary/aromatic N) is 2. The molecule has 0 atom stereocenters. The van der Waals surface area contributed by atoms with Gasteiger partial charge in [-0.1, -0.05) is 6.07 Å². The van der Waals surface area contributed by atoms with Crippen LogP contribution in [0.3, 0.4) is 0 Å². The Kier molecular flexibility index (Phi) is 3.16. The molecule has 5 nitrogen and oxygen atoms in total. The highest BCUT2D eigenvalue weighted by molar-refractivity contribution is 7.89. The molecule has 7 heteroatoms. The van der Waals surface area contributed by atoms with Crippen molar-refractivity contribution in [3.05, 3.63) is 17.7 Å². The first-order chi connectivity index (χ1) is 8.21. The molecule has 0 aliphatic rings. The molecule has 0 saturated heterocycles. The summed E-state index contributed by atoms with van der Waals surface area (Å²) < 4.78 is 35.6. The molecule has 0 radical (unpaired) electrons. The number of nitrogens with one attached hydrogen (secondary N) is 1. The van der Waals surface area contributed by atoms with Gasteiger partial charge in [0, 0.05) is 5.54 Å². The molecule has 0 aliphatic heterocycles. The maximum absolute atomic E-state index is 12.4. The minimum absolute atomic E-state index is 0.226. The number of rotatable bonds is 2. The van der Waals surface area contributed by atoms with Crippen LogP contribution in [0.4, 0.5) is 0 Å². The fourth-order valence-corrected chi connectivity index (χ4v) is 4.13. The van der Waals surface area contributed by atoms with Gasteiger partial charge in [-0.05, 0) is 39.3 Å². The Morgan fingerprint density at radius 1 is 1.22 bits per heavy atom. The van der Waals surface area contributed by atoms with Crippen molar-refractivity contribution in [1.29, 1.82) is 0 Å². The Bertz CT molecular complexity index is 684. The smallest absolute Gasteiger partial charge is 0.207 e. The van der Waals surface area contributed by atoms with Gasteiger partial charge in [-0.2, -0.15) is 8.75 Å². The zero-order valence-corrected chi connectivity index (χ0v) is 12.3. The summed E-state index contributed by atoms with van der Waals surface area (Å²) in [4.78, 5) is 0.226. The molecule has 0 amide bonds. The number of hydrogen-bond acceptors (Lipinski definition) is 5. The van der Waals surface area contributed by atoms with Gasteiger partial charge in [0.05, 0.1) is 11.7 Å². The molecule has 1 aromatic heterocycles. The van der Waals surface area contributed by atoms with Gasteiger partial charge in [0.2, 0.25) is 10.0 Å². The fourth-order valence-electron chi connectivity index (χ4n) is 1.72. The number of aryl methyl sites for hydroxylation is 1. The van der Waals surface area contributed by atoms with E-state index in [4.69, 9.17) is 0 Å². The average Bonchev–Trinajstić information content (AvgIpc) is 2.60. The van der Waals surface area contributed by atoms with Gasteiger partial charge in [0.1, 0.15) is 15.9 Å². The molecule has 0 bridgehead atoms. The van der Waals surface area contributed by atoms with Crippen LogP contribution >= 0.6 is 11.7 Å². The van der Waals surface area contributed by atoms with Gasteiger partial charge in [0.15, 0.2) is 0 Å². The Hall–Kier alpha value is -1.05. The second-order valence-electron chi connectivity index (χ2n) is 5.20. The maximum atomic E-state index is 12.4. The van der Waals surface area contributed by atoms with Gasteiger partial charge in [-0.3, -0.25) is 0 Å². The summed E-state index contributed by atoms with van der Waals surface area (Å²) in [6, 6.07) is 3.53. The lowest BCUT2D eigenvalue weighted by molar-refractivity contribution is 0.491. The van der Waals surface area contributed by atoms with Crippen molar-refractivity contribution in [3.8, 4) is 0 Å². The third-order valence-electron chi connectivity index (χ3n) is 2.29. The van der Waals surface area contributed by atoms with Crippen molar-refractivity contribution in [2.24, 2.45) is 0 Å². The monoisotopic (exact) mass is 285 g/mol. The Balaban J connectivity index is 2.67. The normalized spacial score (nSPS) is 13.1. The van der Waals surface area contributed by atoms with Crippen LogP contribution in [-0.2, 0) is 10.0 Å². The predicted octanol–water partition coefficient (Wildman–Crippen LogP) is 2.08. The minimum Gasteiger partial charge on any atom is -0.207 e. The molecule has 1 N–H and O–H groups in total. The molecule has 2 rings (SSSR count). The summed E-state index contributed by atoms with van der Waals surface area (Å²) in [5.41, 5.74) is 1.19. The predicted molar refractivity (Wildman–Crippen MR) is 72.2 cm³/mol. The standard InChI is InChI=1S/C11H15N3O2S2/c1-7-5-6-8-9(13-17-12-8)10(7)18(15,16)14-11(2,3)4/h5-6,14H,1-4H3. The summed E-state index contributed by atoms with van der Waals surface area (Å²) in [6.07, 6.45) is 0. The zero-order chi connectivity index (χ0) is 13.6. The second kappa shape index (κ2) is 4.25. The van der Waals surface area contributed by atoms with E-state index < -0.39 is 15.6 Å². The van der Waals surface area contributed by atoms with Crippen LogP contribution in [-0.4, -0.2) is 22.7 Å². The van der Waals surface area contributed by atoms with E-state index >= 15 is 0 Å². The van der Waals surface area contributed by atoms with Gasteiger partial charge >= 0.3 is 0 Å². The SMILES string of the molecule is Cc1ccc2nsnc2c1S(=O)(=O)NC(C)(C)C. The summed E-state index contributed by atoms with van der Waals surface area (Å²) >= 11 is 1.02. The largest absolute Gasteiger partial charge is 0.243 e. The lowest BCUT2D eigenvalue weighted by Crippen LogP contribution is -2.40. The van der Waals surface area contributed by atoms with Crippen molar-refractivity contribution in [2.45, 2.75) is 38.1 Å². The van der Waals surface area contributed by atoms with Crippen LogP contribution in [0.15, 0.2) is 17.0 Å². The molecule has 18 heavy (non-hydrogen) atoms. The number of aromatic nitrogens is 2. The maximum Gasteiger partial charge on any atom is 0.243 e. The topological polar surface area (TPSA) is 72.0 Å². The molecule has 1 heterocycles. The van der Waals surface area contributed by atoms with Crippen LogP contribution in [0.1, 0.15) is 26.3 Å². The van der Waals surface area contributed by atoms with Crippen molar-refractivity contribution in [1.82, 2.24) is 13.5 Å². The van der Waals surface area contributed by atoms with E-state index in [1.54, 1.807) is 39.8 Å². The molecule has 0 unspecified atom stereocenters. The molecule has 98 valence electrons. The van der Waals surface area contributed by atoms with E-state index in [1.807, 2.05) is 0 Å². The lowest BCUT2D eigenvalue weighted by atomic mass is 10.1. The van der Waals surface area contributed by atoms with Crippen molar-refractivity contribution in [2.75, 3.05) is 0 Å². The van der Waals surface area contributed by atoms with Crippen LogP contribution in [0.25, 0.3) is 11.0 Å². The van der Waals surface area contributed by atoms with E-state index in [2.05, 4.69) is 13.5 Å². The summed E-state index contributed by atoms with van der Waals surface area (Å²) in [5, 5.41) is 0. The molecule has 2 aromatic rings. The Labute approximate surface area is 111 Å². The van der Waals surface area contributed by atoms with Crippen molar-refractivity contribution in [3.63, 3.8) is 0 Å². The average molecular weight is 285 g/mol. The number of sulfonamides is 1.